The number of hydroxylamine groups is 2. The van der Waals surface area contributed by atoms with Gasteiger partial charge in [0.25, 0.3) is 11.8 Å². The molecular formula is C32H43N5O10. The van der Waals surface area contributed by atoms with Crippen molar-refractivity contribution in [3.63, 3.8) is 0 Å². The smallest absolute Gasteiger partial charge is 0.325 e. The second-order valence-corrected chi connectivity index (χ2v) is 10.5. The maximum atomic E-state index is 13.2. The summed E-state index contributed by atoms with van der Waals surface area (Å²) in [6.07, 6.45) is 3.64. The van der Waals surface area contributed by atoms with Crippen LogP contribution < -0.4 is 15.4 Å². The highest BCUT2D eigenvalue weighted by molar-refractivity contribution is 6.00. The number of ether oxygens (including phenoxy) is 2. The summed E-state index contributed by atoms with van der Waals surface area (Å²) in [5.74, 6) is -4.42. The van der Waals surface area contributed by atoms with Gasteiger partial charge in [-0.1, -0.05) is 45.2 Å². The van der Waals surface area contributed by atoms with E-state index in [2.05, 4.69) is 20.4 Å². The number of esters is 1. The van der Waals surface area contributed by atoms with E-state index in [0.29, 0.717) is 29.2 Å². The highest BCUT2D eigenvalue weighted by atomic mass is 16.5. The molecule has 0 radical (unpaired) electrons. The Morgan fingerprint density at radius 2 is 1.77 bits per heavy atom. The monoisotopic (exact) mass is 657 g/mol. The van der Waals surface area contributed by atoms with Gasteiger partial charge in [-0.25, -0.2) is 10.0 Å². The van der Waals surface area contributed by atoms with Gasteiger partial charge < -0.3 is 30.1 Å². The third-order valence-corrected chi connectivity index (χ3v) is 7.25. The molecule has 2 aromatic rings. The van der Waals surface area contributed by atoms with Gasteiger partial charge in [0.05, 0.1) is 43.6 Å². The summed E-state index contributed by atoms with van der Waals surface area (Å²) in [5, 5.41) is 25.0. The number of hydrogen-bond donors (Lipinski definition) is 4. The van der Waals surface area contributed by atoms with Crippen LogP contribution in [0.15, 0.2) is 36.4 Å². The Hall–Kier alpha value is -5.05. The van der Waals surface area contributed by atoms with E-state index < -0.39 is 54.7 Å². The second kappa shape index (κ2) is 19.5. The van der Waals surface area contributed by atoms with Crippen LogP contribution in [0.2, 0.25) is 0 Å². The predicted molar refractivity (Wildman–Crippen MR) is 168 cm³/mol. The molecule has 1 heterocycles. The number of amides is 4. The largest absolute Gasteiger partial charge is 0.493 e. The zero-order valence-corrected chi connectivity index (χ0v) is 27.1. The van der Waals surface area contributed by atoms with Crippen molar-refractivity contribution in [1.82, 2.24) is 25.6 Å². The van der Waals surface area contributed by atoms with E-state index >= 15 is 0 Å². The van der Waals surface area contributed by atoms with Crippen LogP contribution in [0.25, 0.3) is 11.3 Å². The zero-order valence-electron chi connectivity index (χ0n) is 27.1. The van der Waals surface area contributed by atoms with E-state index in [1.807, 2.05) is 6.92 Å². The summed E-state index contributed by atoms with van der Waals surface area (Å²) < 4.78 is 10.2. The fraction of sp³-hybridized carbons (Fsp3) is 0.469. The number of rotatable bonds is 20. The first-order valence-electron chi connectivity index (χ1n) is 15.3. The number of unbranched alkanes of at least 4 members (excludes halogenated alkanes) is 2. The summed E-state index contributed by atoms with van der Waals surface area (Å²) in [6.45, 7) is 4.12. The van der Waals surface area contributed by atoms with Crippen molar-refractivity contribution < 1.29 is 48.6 Å². The fourth-order valence-corrected chi connectivity index (χ4v) is 4.89. The Morgan fingerprint density at radius 1 is 1.02 bits per heavy atom. The molecule has 0 bridgehead atoms. The van der Waals surface area contributed by atoms with Gasteiger partial charge in [-0.3, -0.25) is 34.0 Å². The lowest BCUT2D eigenvalue weighted by Gasteiger charge is -2.29. The molecule has 15 heteroatoms. The van der Waals surface area contributed by atoms with Crippen LogP contribution in [-0.4, -0.2) is 101 Å². The van der Waals surface area contributed by atoms with Gasteiger partial charge in [-0.15, -0.1) is 0 Å². The van der Waals surface area contributed by atoms with Crippen LogP contribution in [0.4, 0.5) is 0 Å². The number of carbonyl (C=O) groups is 6. The molecule has 0 saturated heterocycles. The maximum Gasteiger partial charge on any atom is 0.325 e. The molecular weight excluding hydrogens is 614 g/mol. The van der Waals surface area contributed by atoms with E-state index in [4.69, 9.17) is 4.74 Å². The van der Waals surface area contributed by atoms with Crippen molar-refractivity contribution >= 4 is 36.1 Å². The number of pyridine rings is 1. The fourth-order valence-electron chi connectivity index (χ4n) is 4.89. The number of aromatic nitrogens is 1. The molecule has 0 aliphatic carbocycles. The minimum absolute atomic E-state index is 0.0150. The molecule has 2 rings (SSSR count). The van der Waals surface area contributed by atoms with Crippen LogP contribution in [0.3, 0.4) is 0 Å². The highest BCUT2D eigenvalue weighted by Crippen LogP contribution is 2.28. The van der Waals surface area contributed by atoms with E-state index in [0.717, 1.165) is 31.3 Å². The van der Waals surface area contributed by atoms with Crippen molar-refractivity contribution in [2.75, 3.05) is 33.5 Å². The van der Waals surface area contributed by atoms with Crippen LogP contribution in [0.1, 0.15) is 73.7 Å². The molecule has 15 nitrogen and oxygen atoms in total. The molecule has 256 valence electrons. The zero-order chi connectivity index (χ0) is 34.9. The number of benzene rings is 1. The van der Waals surface area contributed by atoms with Crippen LogP contribution in [-0.2, 0) is 23.9 Å². The molecule has 1 aromatic carbocycles. The number of carboxylic acid groups (broad SMARTS) is 1. The Labute approximate surface area is 273 Å². The average Bonchev–Trinajstić information content (AvgIpc) is 3.06. The van der Waals surface area contributed by atoms with Gasteiger partial charge in [-0.2, -0.15) is 0 Å². The molecule has 2 atom stereocenters. The highest BCUT2D eigenvalue weighted by Gasteiger charge is 2.31. The van der Waals surface area contributed by atoms with Crippen molar-refractivity contribution in [3.8, 4) is 17.0 Å². The molecule has 0 aliphatic heterocycles. The van der Waals surface area contributed by atoms with Gasteiger partial charge in [0.15, 0.2) is 0 Å². The standard InChI is InChI=1S/C32H43N5O10/c1-5-8-9-11-22(26(6-2)37(45)20-38)30(42)33-19-34-31(43)25-13-10-12-24(35-25)21-14-15-23(27(16-21)47-7-3)32(44)36(17-28(39)40)18-29(41)46-4/h10,12-16,20,22,26,45H,5-9,11,17-19H2,1-4H3,(H,33,42)(H,34,43)(H,39,40)/t22-,26-/m1/s1. The summed E-state index contributed by atoms with van der Waals surface area (Å²) in [6, 6.07) is 8.48. The van der Waals surface area contributed by atoms with Crippen molar-refractivity contribution in [2.24, 2.45) is 5.92 Å². The predicted octanol–water partition coefficient (Wildman–Crippen LogP) is 2.47. The molecule has 0 saturated carbocycles. The van der Waals surface area contributed by atoms with Crippen LogP contribution in [0, 0.1) is 5.92 Å². The normalized spacial score (nSPS) is 11.9. The van der Waals surface area contributed by atoms with Crippen LogP contribution >= 0.6 is 0 Å². The summed E-state index contributed by atoms with van der Waals surface area (Å²) in [4.78, 5) is 78.7. The summed E-state index contributed by atoms with van der Waals surface area (Å²) in [5.41, 5.74) is 0.891. The van der Waals surface area contributed by atoms with Crippen molar-refractivity contribution in [1.29, 1.82) is 0 Å². The quantitative estimate of drug-likeness (QED) is 0.0407. The number of aliphatic carboxylic acids is 1. The summed E-state index contributed by atoms with van der Waals surface area (Å²) >= 11 is 0. The Bertz CT molecular complexity index is 1400. The lowest BCUT2D eigenvalue weighted by Crippen LogP contribution is -2.47. The number of nitrogens with one attached hydrogen (secondary N) is 2. The van der Waals surface area contributed by atoms with Gasteiger partial charge in [-0.05, 0) is 44.0 Å². The van der Waals surface area contributed by atoms with E-state index in [1.54, 1.807) is 32.0 Å². The molecule has 0 spiro atoms. The van der Waals surface area contributed by atoms with Crippen molar-refractivity contribution in [2.45, 2.75) is 58.9 Å². The molecule has 4 amide bonds. The molecule has 0 aliphatic rings. The number of hydrogen-bond acceptors (Lipinski definition) is 10. The van der Waals surface area contributed by atoms with Gasteiger partial charge in [0, 0.05) is 5.56 Å². The maximum absolute atomic E-state index is 13.2. The van der Waals surface area contributed by atoms with Crippen molar-refractivity contribution in [3.05, 3.63) is 47.7 Å². The number of carbonyl (C=O) groups excluding carboxylic acids is 5. The number of methoxy groups -OCH3 is 1. The average molecular weight is 658 g/mol. The van der Waals surface area contributed by atoms with E-state index in [9.17, 15) is 39.1 Å². The first-order valence-corrected chi connectivity index (χ1v) is 15.3. The number of carboxylic acids is 1. The minimum atomic E-state index is -1.32. The third-order valence-electron chi connectivity index (χ3n) is 7.25. The molecule has 4 N–H and O–H groups in total. The first-order chi connectivity index (χ1) is 22.5. The van der Waals surface area contributed by atoms with Gasteiger partial charge >= 0.3 is 11.9 Å². The Morgan fingerprint density at radius 3 is 2.38 bits per heavy atom. The van der Waals surface area contributed by atoms with E-state index in [-0.39, 0.29) is 36.7 Å². The Balaban J connectivity index is 2.22. The Kier molecular flexibility index (Phi) is 15.8. The molecule has 1 aromatic heterocycles. The SMILES string of the molecule is CCCCC[C@@H](C(=O)NCNC(=O)c1cccc(-c2ccc(C(=O)N(CC(=O)O)CC(=O)OC)c(OCC)c2)n1)[C@@H](CC)N(O)C=O. The minimum Gasteiger partial charge on any atom is -0.493 e. The van der Waals surface area contributed by atoms with E-state index in [1.165, 1.54) is 18.2 Å². The second-order valence-electron chi connectivity index (χ2n) is 10.5. The lowest BCUT2D eigenvalue weighted by molar-refractivity contribution is -0.168. The lowest BCUT2D eigenvalue weighted by atomic mass is 9.90. The van der Waals surface area contributed by atoms with Gasteiger partial charge in [0.1, 0.15) is 24.5 Å². The van der Waals surface area contributed by atoms with Crippen LogP contribution in [0.5, 0.6) is 5.75 Å². The third kappa shape index (κ3) is 11.4. The molecule has 0 fully saturated rings. The number of nitrogens with zero attached hydrogens (tertiary/aromatic N) is 3. The summed E-state index contributed by atoms with van der Waals surface area (Å²) in [7, 11) is 1.12. The molecule has 47 heavy (non-hydrogen) atoms. The first kappa shape index (κ1) is 38.1. The topological polar surface area (TPSA) is 205 Å². The van der Waals surface area contributed by atoms with Gasteiger partial charge in [0.2, 0.25) is 12.3 Å². The molecule has 0 unspecified atom stereocenters.